The second-order valence-electron chi connectivity index (χ2n) is 10.4. The first-order valence-corrected chi connectivity index (χ1v) is 19.0. The molecule has 3 rings (SSSR count). The second kappa shape index (κ2) is 15.7. The summed E-state index contributed by atoms with van der Waals surface area (Å²) in [5.41, 5.74) is -0.736. The minimum Gasteiger partial charge on any atom is -0.376 e. The standard InChI is InChI=1S/C29H37Cl2N3O8S3/c1-22-4-10-25(11-5-22)43(37,38)32(16-18-33(20-28(30)35)44(39,40)26-12-6-23(2)7-13-26)17-19-34(21-29(31)36)45(41,42)27-14-8-24(3)9-15-27/h4-15,28-29,35-36H,16-21H2,1-3H3. The Kier molecular flexibility index (Phi) is 13.0. The molecule has 0 saturated carbocycles. The average Bonchev–Trinajstić information content (AvgIpc) is 2.96. The van der Waals surface area contributed by atoms with Crippen molar-refractivity contribution in [2.75, 3.05) is 39.3 Å². The average molecular weight is 723 g/mol. The van der Waals surface area contributed by atoms with Crippen LogP contribution in [-0.4, -0.2) is 98.8 Å². The lowest BCUT2D eigenvalue weighted by Crippen LogP contribution is -2.46. The van der Waals surface area contributed by atoms with Gasteiger partial charge in [-0.15, -0.1) is 0 Å². The Hall–Kier alpha value is -2.11. The third kappa shape index (κ3) is 9.94. The van der Waals surface area contributed by atoms with Crippen molar-refractivity contribution in [1.82, 2.24) is 12.9 Å². The first-order valence-electron chi connectivity index (χ1n) is 13.8. The Bertz CT molecular complexity index is 1640. The zero-order chi connectivity index (χ0) is 33.6. The molecule has 11 nitrogen and oxygen atoms in total. The second-order valence-corrected chi connectivity index (χ2v) is 17.3. The number of aryl methyl sites for hydroxylation is 3. The zero-order valence-corrected chi connectivity index (χ0v) is 29.0. The number of hydrogen-bond acceptors (Lipinski definition) is 8. The van der Waals surface area contributed by atoms with Gasteiger partial charge in [0.25, 0.3) is 0 Å². The highest BCUT2D eigenvalue weighted by molar-refractivity contribution is 7.89. The van der Waals surface area contributed by atoms with Gasteiger partial charge in [0.05, 0.1) is 27.8 Å². The number of sulfonamides is 3. The summed E-state index contributed by atoms with van der Waals surface area (Å²) >= 11 is 11.6. The summed E-state index contributed by atoms with van der Waals surface area (Å²) in [6, 6.07) is 18.0. The van der Waals surface area contributed by atoms with Crippen LogP contribution in [0.1, 0.15) is 16.7 Å². The summed E-state index contributed by atoms with van der Waals surface area (Å²) in [5.74, 6) is 0. The maximum absolute atomic E-state index is 13.9. The molecule has 0 amide bonds. The Morgan fingerprint density at radius 1 is 0.489 bits per heavy atom. The van der Waals surface area contributed by atoms with Gasteiger partial charge in [0.1, 0.15) is 11.1 Å². The summed E-state index contributed by atoms with van der Waals surface area (Å²) in [7, 11) is -12.7. The lowest BCUT2D eigenvalue weighted by molar-refractivity contribution is 0.204. The molecule has 45 heavy (non-hydrogen) atoms. The van der Waals surface area contributed by atoms with E-state index in [0.717, 1.165) is 29.6 Å². The third-order valence-corrected chi connectivity index (χ3v) is 12.8. The quantitative estimate of drug-likeness (QED) is 0.214. The molecule has 248 valence electrons. The number of rotatable bonds is 16. The highest BCUT2D eigenvalue weighted by atomic mass is 35.5. The SMILES string of the molecule is Cc1ccc(S(=O)(=O)N(CCN(CC(O)Cl)S(=O)(=O)c2ccc(C)cc2)CCN(CC(O)Cl)S(=O)(=O)c2ccc(C)cc2)cc1. The van der Waals surface area contributed by atoms with E-state index in [1.165, 1.54) is 36.4 Å². The highest BCUT2D eigenvalue weighted by Gasteiger charge is 2.32. The van der Waals surface area contributed by atoms with Crippen molar-refractivity contribution < 1.29 is 35.5 Å². The topological polar surface area (TPSA) is 153 Å². The third-order valence-electron chi connectivity index (χ3n) is 6.88. The van der Waals surface area contributed by atoms with E-state index in [0.29, 0.717) is 0 Å². The van der Waals surface area contributed by atoms with Crippen LogP contribution in [0, 0.1) is 20.8 Å². The molecule has 0 aliphatic carbocycles. The molecule has 0 spiro atoms. The van der Waals surface area contributed by atoms with Gasteiger partial charge in [-0.05, 0) is 57.2 Å². The van der Waals surface area contributed by atoms with Crippen molar-refractivity contribution in [2.45, 2.75) is 46.6 Å². The summed E-state index contributed by atoms with van der Waals surface area (Å²) in [4.78, 5) is -0.251. The molecule has 0 saturated heterocycles. The number of aliphatic hydroxyl groups excluding tert-OH is 2. The summed E-state index contributed by atoms with van der Waals surface area (Å²) in [5, 5.41) is 19.8. The summed E-state index contributed by atoms with van der Waals surface area (Å²) in [6.07, 6.45) is 0. The zero-order valence-electron chi connectivity index (χ0n) is 25.0. The van der Waals surface area contributed by atoms with E-state index in [9.17, 15) is 35.5 Å². The number of aliphatic hydroxyl groups is 2. The summed E-state index contributed by atoms with van der Waals surface area (Å²) < 4.78 is 84.5. The molecule has 3 aromatic carbocycles. The maximum Gasteiger partial charge on any atom is 0.243 e. The fourth-order valence-corrected chi connectivity index (χ4v) is 9.13. The molecule has 3 aromatic rings. The molecule has 0 bridgehead atoms. The highest BCUT2D eigenvalue weighted by Crippen LogP contribution is 2.22. The maximum atomic E-state index is 13.9. The van der Waals surface area contributed by atoms with Gasteiger partial charge in [0.15, 0.2) is 0 Å². The van der Waals surface area contributed by atoms with Crippen molar-refractivity contribution in [3.8, 4) is 0 Å². The van der Waals surface area contributed by atoms with Gasteiger partial charge in [0.2, 0.25) is 30.1 Å². The molecular weight excluding hydrogens is 685 g/mol. The molecule has 0 aromatic heterocycles. The van der Waals surface area contributed by atoms with Crippen LogP contribution in [0.15, 0.2) is 87.5 Å². The van der Waals surface area contributed by atoms with Gasteiger partial charge in [-0.2, -0.15) is 12.9 Å². The number of halogens is 2. The van der Waals surface area contributed by atoms with E-state index in [1.807, 2.05) is 0 Å². The largest absolute Gasteiger partial charge is 0.376 e. The van der Waals surface area contributed by atoms with E-state index in [4.69, 9.17) is 23.2 Å². The molecule has 0 aliphatic rings. The van der Waals surface area contributed by atoms with Crippen LogP contribution in [0.4, 0.5) is 0 Å². The van der Waals surface area contributed by atoms with Crippen LogP contribution >= 0.6 is 23.2 Å². The van der Waals surface area contributed by atoms with Crippen LogP contribution in [0.5, 0.6) is 0 Å². The van der Waals surface area contributed by atoms with E-state index >= 15 is 0 Å². The number of alkyl halides is 2. The van der Waals surface area contributed by atoms with Crippen LogP contribution in [0.25, 0.3) is 0 Å². The fourth-order valence-electron chi connectivity index (χ4n) is 4.33. The van der Waals surface area contributed by atoms with Gasteiger partial charge >= 0.3 is 0 Å². The number of benzene rings is 3. The van der Waals surface area contributed by atoms with Crippen LogP contribution in [0.3, 0.4) is 0 Å². The fraction of sp³-hybridized carbons (Fsp3) is 0.379. The minimum atomic E-state index is -4.30. The Morgan fingerprint density at radius 2 is 0.711 bits per heavy atom. The Labute approximate surface area is 275 Å². The van der Waals surface area contributed by atoms with Gasteiger partial charge < -0.3 is 10.2 Å². The van der Waals surface area contributed by atoms with Gasteiger partial charge in [-0.25, -0.2) is 25.3 Å². The lowest BCUT2D eigenvalue weighted by atomic mass is 10.2. The predicted molar refractivity (Wildman–Crippen MR) is 174 cm³/mol. The van der Waals surface area contributed by atoms with Crippen molar-refractivity contribution in [1.29, 1.82) is 0 Å². The van der Waals surface area contributed by atoms with Gasteiger partial charge in [-0.1, -0.05) is 76.3 Å². The first-order chi connectivity index (χ1) is 20.9. The minimum absolute atomic E-state index is 0.0789. The smallest absolute Gasteiger partial charge is 0.243 e. The molecule has 2 atom stereocenters. The summed E-state index contributed by atoms with van der Waals surface area (Å²) in [6.45, 7) is 2.59. The van der Waals surface area contributed by atoms with Crippen LogP contribution < -0.4 is 0 Å². The first kappa shape index (κ1) is 37.3. The van der Waals surface area contributed by atoms with E-state index in [2.05, 4.69) is 0 Å². The van der Waals surface area contributed by atoms with Gasteiger partial charge in [0, 0.05) is 26.2 Å². The van der Waals surface area contributed by atoms with Crippen LogP contribution in [0.2, 0.25) is 0 Å². The van der Waals surface area contributed by atoms with E-state index in [-0.39, 0.29) is 14.7 Å². The molecule has 0 fully saturated rings. The molecule has 0 radical (unpaired) electrons. The van der Waals surface area contributed by atoms with Gasteiger partial charge in [-0.3, -0.25) is 0 Å². The normalized spacial score (nSPS) is 14.3. The van der Waals surface area contributed by atoms with E-state index < -0.39 is 80.5 Å². The number of hydrogen-bond donors (Lipinski definition) is 2. The molecule has 2 N–H and O–H groups in total. The predicted octanol–water partition coefficient (Wildman–Crippen LogP) is 3.10. The van der Waals surface area contributed by atoms with Crippen molar-refractivity contribution in [3.05, 3.63) is 89.5 Å². The van der Waals surface area contributed by atoms with Crippen molar-refractivity contribution >= 4 is 53.3 Å². The molecule has 0 heterocycles. The van der Waals surface area contributed by atoms with Crippen molar-refractivity contribution in [3.63, 3.8) is 0 Å². The molecule has 16 heteroatoms. The van der Waals surface area contributed by atoms with E-state index in [1.54, 1.807) is 57.2 Å². The molecule has 2 unspecified atom stereocenters. The Balaban J connectivity index is 1.99. The van der Waals surface area contributed by atoms with Crippen LogP contribution in [-0.2, 0) is 30.1 Å². The monoisotopic (exact) mass is 721 g/mol. The number of nitrogens with zero attached hydrogens (tertiary/aromatic N) is 3. The van der Waals surface area contributed by atoms with Crippen molar-refractivity contribution in [2.24, 2.45) is 0 Å². The Morgan fingerprint density at radius 3 is 0.956 bits per heavy atom. The lowest BCUT2D eigenvalue weighted by Gasteiger charge is -2.30. The molecule has 0 aliphatic heterocycles. The molecular formula is C29H37Cl2N3O8S3.